The van der Waals surface area contributed by atoms with E-state index in [2.05, 4.69) is 27.6 Å². The minimum atomic E-state index is -0.172. The molecule has 6 heteroatoms. The number of hydrogen-bond donors (Lipinski definition) is 3. The minimum absolute atomic E-state index is 0.172. The summed E-state index contributed by atoms with van der Waals surface area (Å²) in [6.07, 6.45) is 7.90. The molecule has 2 atom stereocenters. The van der Waals surface area contributed by atoms with Crippen molar-refractivity contribution in [2.45, 2.75) is 32.6 Å². The third kappa shape index (κ3) is 3.64. The van der Waals surface area contributed by atoms with E-state index in [9.17, 15) is 4.79 Å². The first kappa shape index (κ1) is 13.7. The maximum Gasteiger partial charge on any atom is 0.271 e. The number of amides is 1. The van der Waals surface area contributed by atoms with Crippen molar-refractivity contribution in [3.05, 3.63) is 18.1 Å². The zero-order chi connectivity index (χ0) is 13.7. The van der Waals surface area contributed by atoms with Crippen LogP contribution in [0, 0.1) is 11.8 Å². The lowest BCUT2D eigenvalue weighted by atomic mass is 9.80. The Labute approximate surface area is 113 Å². The molecule has 2 rings (SSSR count). The molecule has 19 heavy (non-hydrogen) atoms. The maximum atomic E-state index is 11.9. The van der Waals surface area contributed by atoms with Crippen LogP contribution in [-0.4, -0.2) is 22.4 Å². The first-order chi connectivity index (χ1) is 9.20. The number of nitrogens with two attached hydrogens (primary N) is 1. The van der Waals surface area contributed by atoms with Crippen LogP contribution in [0.2, 0.25) is 0 Å². The van der Waals surface area contributed by atoms with E-state index >= 15 is 0 Å². The Morgan fingerprint density at radius 2 is 2.16 bits per heavy atom. The number of carbonyl (C=O) groups excluding carboxylic acids is 1. The minimum Gasteiger partial charge on any atom is -0.350 e. The lowest BCUT2D eigenvalue weighted by Gasteiger charge is -2.28. The van der Waals surface area contributed by atoms with E-state index in [1.54, 1.807) is 0 Å². The number of anilines is 1. The van der Waals surface area contributed by atoms with Gasteiger partial charge in [0.05, 0.1) is 12.4 Å². The van der Waals surface area contributed by atoms with Gasteiger partial charge in [-0.2, -0.15) is 0 Å². The van der Waals surface area contributed by atoms with Gasteiger partial charge < -0.3 is 10.7 Å². The molecule has 0 aromatic carbocycles. The zero-order valence-corrected chi connectivity index (χ0v) is 11.2. The number of nitrogens with one attached hydrogen (secondary N) is 2. The van der Waals surface area contributed by atoms with E-state index in [-0.39, 0.29) is 5.91 Å². The van der Waals surface area contributed by atoms with E-state index in [4.69, 9.17) is 5.84 Å². The predicted octanol–water partition coefficient (Wildman–Crippen LogP) is 1.32. The highest BCUT2D eigenvalue weighted by atomic mass is 16.1. The Morgan fingerprint density at radius 3 is 2.79 bits per heavy atom. The molecule has 1 amide bonds. The second-order valence-electron chi connectivity index (χ2n) is 5.16. The molecule has 0 aliphatic heterocycles. The van der Waals surface area contributed by atoms with Gasteiger partial charge in [0.1, 0.15) is 5.69 Å². The topological polar surface area (TPSA) is 92.9 Å². The van der Waals surface area contributed by atoms with Crippen LogP contribution in [0.1, 0.15) is 43.1 Å². The second-order valence-corrected chi connectivity index (χ2v) is 5.16. The molecular weight excluding hydrogens is 242 g/mol. The average Bonchev–Trinajstić information content (AvgIpc) is 2.46. The summed E-state index contributed by atoms with van der Waals surface area (Å²) in [5.74, 6) is 6.73. The number of nitrogen functional groups attached to an aromatic ring is 1. The first-order valence-electron chi connectivity index (χ1n) is 6.77. The third-order valence-electron chi connectivity index (χ3n) is 3.85. The van der Waals surface area contributed by atoms with Crippen LogP contribution in [0.15, 0.2) is 12.4 Å². The number of nitrogens with zero attached hydrogens (tertiary/aromatic N) is 2. The van der Waals surface area contributed by atoms with Crippen molar-refractivity contribution >= 4 is 11.7 Å². The molecule has 1 aliphatic carbocycles. The molecule has 1 saturated carbocycles. The van der Waals surface area contributed by atoms with Crippen molar-refractivity contribution in [3.8, 4) is 0 Å². The molecular formula is C13H21N5O. The molecule has 0 bridgehead atoms. The van der Waals surface area contributed by atoms with Gasteiger partial charge in [-0.15, -0.1) is 0 Å². The standard InChI is InChI=1S/C13H21N5O/c1-9-4-2-3-5-10(9)6-17-13(19)11-7-16-12(18-14)8-15-11/h7-10H,2-6,14H2,1H3,(H,16,18)(H,17,19). The van der Waals surface area contributed by atoms with Crippen LogP contribution in [0.25, 0.3) is 0 Å². The molecule has 2 unspecified atom stereocenters. The summed E-state index contributed by atoms with van der Waals surface area (Å²) in [5, 5.41) is 2.94. The molecule has 1 aliphatic rings. The Kier molecular flexibility index (Phi) is 4.68. The predicted molar refractivity (Wildman–Crippen MR) is 73.3 cm³/mol. The van der Waals surface area contributed by atoms with Crippen LogP contribution in [0.4, 0.5) is 5.82 Å². The van der Waals surface area contributed by atoms with Gasteiger partial charge in [0.15, 0.2) is 5.82 Å². The van der Waals surface area contributed by atoms with Crippen LogP contribution < -0.4 is 16.6 Å². The van der Waals surface area contributed by atoms with Gasteiger partial charge in [0.25, 0.3) is 5.91 Å². The molecule has 1 heterocycles. The second kappa shape index (κ2) is 6.47. The molecule has 1 fully saturated rings. The number of rotatable bonds is 4. The summed E-state index contributed by atoms with van der Waals surface area (Å²) in [6, 6.07) is 0. The molecule has 0 radical (unpaired) electrons. The van der Waals surface area contributed by atoms with Crippen molar-refractivity contribution in [1.82, 2.24) is 15.3 Å². The van der Waals surface area contributed by atoms with Gasteiger partial charge in [0, 0.05) is 6.54 Å². The number of carbonyl (C=O) groups is 1. The number of hydrogen-bond acceptors (Lipinski definition) is 5. The summed E-state index contributed by atoms with van der Waals surface area (Å²) in [6.45, 7) is 2.98. The summed E-state index contributed by atoms with van der Waals surface area (Å²) in [7, 11) is 0. The van der Waals surface area contributed by atoms with Crippen LogP contribution in [-0.2, 0) is 0 Å². The molecule has 1 aromatic heterocycles. The quantitative estimate of drug-likeness (QED) is 0.562. The summed E-state index contributed by atoms with van der Waals surface area (Å²) >= 11 is 0. The Balaban J connectivity index is 1.86. The van der Waals surface area contributed by atoms with Gasteiger partial charge in [0.2, 0.25) is 0 Å². The Morgan fingerprint density at radius 1 is 1.37 bits per heavy atom. The number of aromatic nitrogens is 2. The largest absolute Gasteiger partial charge is 0.350 e. The Hall–Kier alpha value is -1.69. The van der Waals surface area contributed by atoms with Crippen LogP contribution >= 0.6 is 0 Å². The van der Waals surface area contributed by atoms with Crippen molar-refractivity contribution in [3.63, 3.8) is 0 Å². The molecule has 1 aromatic rings. The van der Waals surface area contributed by atoms with Crippen molar-refractivity contribution in [2.24, 2.45) is 17.7 Å². The van der Waals surface area contributed by atoms with Crippen molar-refractivity contribution in [1.29, 1.82) is 0 Å². The SMILES string of the molecule is CC1CCCCC1CNC(=O)c1cnc(NN)cn1. The highest BCUT2D eigenvalue weighted by Gasteiger charge is 2.22. The van der Waals surface area contributed by atoms with E-state index in [1.807, 2.05) is 0 Å². The fraction of sp³-hybridized carbons (Fsp3) is 0.615. The molecule has 6 nitrogen and oxygen atoms in total. The van der Waals surface area contributed by atoms with Crippen LogP contribution in [0.5, 0.6) is 0 Å². The summed E-state index contributed by atoms with van der Waals surface area (Å²) in [5.41, 5.74) is 2.70. The first-order valence-corrected chi connectivity index (χ1v) is 6.77. The van der Waals surface area contributed by atoms with Gasteiger partial charge in [-0.05, 0) is 18.3 Å². The number of hydrazine groups is 1. The Bertz CT molecular complexity index is 420. The monoisotopic (exact) mass is 263 g/mol. The lowest BCUT2D eigenvalue weighted by Crippen LogP contribution is -2.33. The van der Waals surface area contributed by atoms with Crippen molar-refractivity contribution < 1.29 is 4.79 Å². The average molecular weight is 263 g/mol. The normalized spacial score (nSPS) is 22.8. The van der Waals surface area contributed by atoms with Gasteiger partial charge >= 0.3 is 0 Å². The highest BCUT2D eigenvalue weighted by molar-refractivity contribution is 5.91. The molecule has 0 spiro atoms. The van der Waals surface area contributed by atoms with E-state index in [0.717, 1.165) is 6.54 Å². The molecule has 104 valence electrons. The summed E-state index contributed by atoms with van der Waals surface area (Å²) < 4.78 is 0. The zero-order valence-electron chi connectivity index (χ0n) is 11.2. The molecule has 4 N–H and O–H groups in total. The van der Waals surface area contributed by atoms with Crippen molar-refractivity contribution in [2.75, 3.05) is 12.0 Å². The smallest absolute Gasteiger partial charge is 0.271 e. The van der Waals surface area contributed by atoms with Gasteiger partial charge in [-0.25, -0.2) is 15.8 Å². The third-order valence-corrected chi connectivity index (χ3v) is 3.85. The summed E-state index contributed by atoms with van der Waals surface area (Å²) in [4.78, 5) is 19.9. The molecule has 0 saturated heterocycles. The lowest BCUT2D eigenvalue weighted by molar-refractivity contribution is 0.0931. The van der Waals surface area contributed by atoms with Crippen LogP contribution in [0.3, 0.4) is 0 Å². The maximum absolute atomic E-state index is 11.9. The highest BCUT2D eigenvalue weighted by Crippen LogP contribution is 2.28. The van der Waals surface area contributed by atoms with E-state index < -0.39 is 0 Å². The van der Waals surface area contributed by atoms with Gasteiger partial charge in [-0.3, -0.25) is 4.79 Å². The van der Waals surface area contributed by atoms with E-state index in [0.29, 0.717) is 23.3 Å². The fourth-order valence-electron chi connectivity index (χ4n) is 2.53. The fourth-order valence-corrected chi connectivity index (χ4v) is 2.53. The van der Waals surface area contributed by atoms with E-state index in [1.165, 1.54) is 38.1 Å². The van der Waals surface area contributed by atoms with Gasteiger partial charge in [-0.1, -0.05) is 26.2 Å².